The van der Waals surface area contributed by atoms with Crippen molar-refractivity contribution in [1.29, 1.82) is 0 Å². The fourth-order valence-electron chi connectivity index (χ4n) is 12.7. The van der Waals surface area contributed by atoms with Gasteiger partial charge in [0.2, 0.25) is 0 Å². The molecule has 0 amide bonds. The molecule has 1 heteroatoms. The van der Waals surface area contributed by atoms with Gasteiger partial charge in [0.05, 0.1) is 5.69 Å². The van der Waals surface area contributed by atoms with Crippen LogP contribution in [0.4, 0.5) is 17.1 Å². The molecule has 0 radical (unpaired) electrons. The fourth-order valence-corrected chi connectivity index (χ4v) is 12.7. The zero-order valence-corrected chi connectivity index (χ0v) is 34.7. The van der Waals surface area contributed by atoms with Crippen molar-refractivity contribution >= 4 is 27.8 Å². The predicted molar refractivity (Wildman–Crippen MR) is 252 cm³/mol. The smallest absolute Gasteiger partial charge is 0.0540 e. The van der Waals surface area contributed by atoms with Crippen LogP contribution < -0.4 is 4.90 Å². The van der Waals surface area contributed by atoms with Crippen LogP contribution in [0.15, 0.2) is 182 Å². The third-order valence-corrected chi connectivity index (χ3v) is 15.3. The minimum absolute atomic E-state index is 0.0979. The van der Waals surface area contributed by atoms with Crippen LogP contribution in [0.2, 0.25) is 0 Å². The van der Waals surface area contributed by atoms with Gasteiger partial charge in [-0.3, -0.25) is 0 Å². The van der Waals surface area contributed by atoms with Crippen LogP contribution in [-0.2, 0) is 10.8 Å². The molecule has 0 aromatic heterocycles. The summed E-state index contributed by atoms with van der Waals surface area (Å²) >= 11 is 0. The summed E-state index contributed by atoms with van der Waals surface area (Å²) in [6.45, 7) is 4.74. The molecule has 0 atom stereocenters. The molecule has 0 saturated heterocycles. The second-order valence-electron chi connectivity index (χ2n) is 19.2. The SMILES string of the molecule is CC1(C)c2ccccc2-c2ccc(N(c3ccc(-c4ccc(-c5ccc(C67CC8CC(CC(C8)C6)C7)cc5)cc4)cc3)c3ccc(-c4ccccc4)c4ccccc34)cc21. The van der Waals surface area contributed by atoms with Gasteiger partial charge in [0.25, 0.3) is 0 Å². The Morgan fingerprint density at radius 2 is 0.900 bits per heavy atom. The van der Waals surface area contributed by atoms with Crippen LogP contribution in [-0.4, -0.2) is 0 Å². The van der Waals surface area contributed by atoms with Crippen LogP contribution in [0.25, 0.3) is 55.3 Å². The van der Waals surface area contributed by atoms with E-state index in [1.807, 2.05) is 0 Å². The van der Waals surface area contributed by atoms with Crippen LogP contribution in [0, 0.1) is 17.8 Å². The summed E-state index contributed by atoms with van der Waals surface area (Å²) in [4.78, 5) is 2.47. The summed E-state index contributed by atoms with van der Waals surface area (Å²) in [6.07, 6.45) is 8.73. The van der Waals surface area contributed by atoms with E-state index in [1.165, 1.54) is 116 Å². The Morgan fingerprint density at radius 1 is 0.400 bits per heavy atom. The van der Waals surface area contributed by atoms with Crippen molar-refractivity contribution in [3.8, 4) is 44.5 Å². The molecular formula is C59H51N. The van der Waals surface area contributed by atoms with Crippen LogP contribution >= 0.6 is 0 Å². The summed E-state index contributed by atoms with van der Waals surface area (Å²) in [6, 6.07) is 68.4. The second-order valence-corrected chi connectivity index (χ2v) is 19.2. The number of hydrogen-bond acceptors (Lipinski definition) is 1. The van der Waals surface area contributed by atoms with Crippen molar-refractivity contribution in [2.75, 3.05) is 4.90 Å². The molecule has 0 aliphatic heterocycles. The first-order chi connectivity index (χ1) is 29.4. The Bertz CT molecular complexity index is 2860. The highest BCUT2D eigenvalue weighted by Crippen LogP contribution is 2.61. The third kappa shape index (κ3) is 5.73. The van der Waals surface area contributed by atoms with Crippen LogP contribution in [0.3, 0.4) is 0 Å². The molecule has 60 heavy (non-hydrogen) atoms. The largest absolute Gasteiger partial charge is 0.310 e. The minimum Gasteiger partial charge on any atom is -0.310 e. The number of benzene rings is 8. The molecule has 1 nitrogen and oxygen atoms in total. The molecule has 5 aliphatic rings. The summed E-state index contributed by atoms with van der Waals surface area (Å²) in [5.74, 6) is 2.91. The number of nitrogens with zero attached hydrogens (tertiary/aromatic N) is 1. The van der Waals surface area contributed by atoms with Crippen molar-refractivity contribution in [2.45, 2.75) is 63.2 Å². The molecule has 4 bridgehead atoms. The molecule has 292 valence electrons. The van der Waals surface area contributed by atoms with Gasteiger partial charge in [0.15, 0.2) is 0 Å². The lowest BCUT2D eigenvalue weighted by atomic mass is 9.48. The zero-order chi connectivity index (χ0) is 40.0. The van der Waals surface area contributed by atoms with Gasteiger partial charge in [-0.25, -0.2) is 0 Å². The predicted octanol–water partition coefficient (Wildman–Crippen LogP) is 16.1. The maximum absolute atomic E-state index is 2.47. The Balaban J connectivity index is 0.891. The molecule has 0 unspecified atom stereocenters. The molecular weight excluding hydrogens is 723 g/mol. The third-order valence-electron chi connectivity index (χ3n) is 15.3. The van der Waals surface area contributed by atoms with E-state index < -0.39 is 0 Å². The molecule has 8 aromatic rings. The molecule has 4 saturated carbocycles. The topological polar surface area (TPSA) is 3.24 Å². The van der Waals surface area contributed by atoms with Crippen molar-refractivity contribution in [2.24, 2.45) is 17.8 Å². The Kier molecular flexibility index (Phi) is 8.15. The van der Waals surface area contributed by atoms with Crippen LogP contribution in [0.1, 0.15) is 69.1 Å². The first-order valence-electron chi connectivity index (χ1n) is 22.3. The standard InChI is InChI=1S/C59H51N/c1-58(2)55-15-9-8-13-52(55)53-29-28-49(35-56(53)58)60(57-31-30-50(46-10-4-3-5-11-46)51-12-6-7-14-54(51)57)48-26-22-45(23-27-48)43-18-16-42(17-19-43)44-20-24-47(25-21-44)59-36-39-32-40(37-59)34-41(33-39)38-59/h3-31,35,39-41H,32-34,36-38H2,1-2H3. The molecule has 0 N–H and O–H groups in total. The highest BCUT2D eigenvalue weighted by Gasteiger charge is 2.51. The average Bonchev–Trinajstić information content (AvgIpc) is 3.52. The molecule has 13 rings (SSSR count). The van der Waals surface area contributed by atoms with Gasteiger partial charge in [0, 0.05) is 22.2 Å². The number of rotatable bonds is 7. The number of anilines is 3. The summed E-state index contributed by atoms with van der Waals surface area (Å²) in [5.41, 5.74) is 18.4. The minimum atomic E-state index is -0.0979. The van der Waals surface area contributed by atoms with E-state index in [2.05, 4.69) is 201 Å². The Morgan fingerprint density at radius 3 is 1.55 bits per heavy atom. The van der Waals surface area contributed by atoms with Gasteiger partial charge in [0.1, 0.15) is 0 Å². The van der Waals surface area contributed by atoms with Crippen molar-refractivity contribution in [3.63, 3.8) is 0 Å². The number of hydrogen-bond donors (Lipinski definition) is 0. The molecule has 4 fully saturated rings. The van der Waals surface area contributed by atoms with Crippen molar-refractivity contribution < 1.29 is 0 Å². The van der Waals surface area contributed by atoms with Gasteiger partial charge in [-0.05, 0) is 159 Å². The first kappa shape index (κ1) is 35.7. The lowest BCUT2D eigenvalue weighted by Gasteiger charge is -2.57. The van der Waals surface area contributed by atoms with Crippen molar-refractivity contribution in [3.05, 3.63) is 199 Å². The second kappa shape index (κ2) is 13.7. The van der Waals surface area contributed by atoms with Gasteiger partial charge in [-0.2, -0.15) is 0 Å². The lowest BCUT2D eigenvalue weighted by molar-refractivity contribution is -0.00518. The quantitative estimate of drug-likeness (QED) is 0.156. The zero-order valence-electron chi connectivity index (χ0n) is 34.7. The van der Waals surface area contributed by atoms with Gasteiger partial charge < -0.3 is 4.90 Å². The highest BCUT2D eigenvalue weighted by atomic mass is 15.1. The van der Waals surface area contributed by atoms with Crippen molar-refractivity contribution in [1.82, 2.24) is 0 Å². The monoisotopic (exact) mass is 773 g/mol. The van der Waals surface area contributed by atoms with E-state index in [9.17, 15) is 0 Å². The number of fused-ring (bicyclic) bond motifs is 4. The summed E-state index contributed by atoms with van der Waals surface area (Å²) in [7, 11) is 0. The van der Waals surface area contributed by atoms with E-state index in [-0.39, 0.29) is 5.41 Å². The average molecular weight is 774 g/mol. The van der Waals surface area contributed by atoms with E-state index >= 15 is 0 Å². The van der Waals surface area contributed by atoms with Gasteiger partial charge >= 0.3 is 0 Å². The lowest BCUT2D eigenvalue weighted by Crippen LogP contribution is -2.48. The fraction of sp³-hybridized carbons (Fsp3) is 0.220. The van der Waals surface area contributed by atoms with E-state index in [1.54, 1.807) is 5.56 Å². The highest BCUT2D eigenvalue weighted by molar-refractivity contribution is 6.06. The summed E-state index contributed by atoms with van der Waals surface area (Å²) in [5, 5.41) is 2.48. The van der Waals surface area contributed by atoms with E-state index in [4.69, 9.17) is 0 Å². The Labute approximate surface area is 355 Å². The van der Waals surface area contributed by atoms with Gasteiger partial charge in [-0.15, -0.1) is 0 Å². The molecule has 0 heterocycles. The van der Waals surface area contributed by atoms with E-state index in [0.29, 0.717) is 5.41 Å². The van der Waals surface area contributed by atoms with Crippen LogP contribution in [0.5, 0.6) is 0 Å². The molecule has 8 aromatic carbocycles. The molecule has 5 aliphatic carbocycles. The Hall–Kier alpha value is -6.18. The summed E-state index contributed by atoms with van der Waals surface area (Å²) < 4.78 is 0. The maximum Gasteiger partial charge on any atom is 0.0540 e. The normalized spacial score (nSPS) is 21.8. The van der Waals surface area contributed by atoms with E-state index in [0.717, 1.165) is 23.4 Å². The van der Waals surface area contributed by atoms with Gasteiger partial charge in [-0.1, -0.05) is 166 Å². The maximum atomic E-state index is 2.47. The molecule has 0 spiro atoms. The first-order valence-corrected chi connectivity index (χ1v) is 22.3.